The SMILES string of the molecule is COc1ccc(OC)c([C@@H](C)NC(=O)CCc2ccc(C)cc2)c1. The summed E-state index contributed by atoms with van der Waals surface area (Å²) in [6.07, 6.45) is 1.19. The highest BCUT2D eigenvalue weighted by Gasteiger charge is 2.15. The van der Waals surface area contributed by atoms with Crippen LogP contribution >= 0.6 is 0 Å². The fraction of sp³-hybridized carbons (Fsp3) is 0.350. The van der Waals surface area contributed by atoms with Gasteiger partial charge in [0.2, 0.25) is 5.91 Å². The lowest BCUT2D eigenvalue weighted by atomic mass is 10.1. The smallest absolute Gasteiger partial charge is 0.220 e. The van der Waals surface area contributed by atoms with E-state index in [4.69, 9.17) is 9.47 Å². The van der Waals surface area contributed by atoms with Crippen LogP contribution in [0.5, 0.6) is 11.5 Å². The Morgan fingerprint density at radius 1 is 1.08 bits per heavy atom. The summed E-state index contributed by atoms with van der Waals surface area (Å²) in [6.45, 7) is 4.00. The number of rotatable bonds is 7. The first-order valence-electron chi connectivity index (χ1n) is 8.10. The Labute approximate surface area is 143 Å². The summed E-state index contributed by atoms with van der Waals surface area (Å²) in [5.74, 6) is 1.50. The quantitative estimate of drug-likeness (QED) is 0.841. The average molecular weight is 327 g/mol. The van der Waals surface area contributed by atoms with Crippen molar-refractivity contribution in [2.45, 2.75) is 32.7 Å². The second-order valence-electron chi connectivity index (χ2n) is 5.88. The summed E-state index contributed by atoms with van der Waals surface area (Å²) in [4.78, 5) is 12.2. The Morgan fingerprint density at radius 3 is 2.42 bits per heavy atom. The van der Waals surface area contributed by atoms with Crippen LogP contribution < -0.4 is 14.8 Å². The zero-order valence-electron chi connectivity index (χ0n) is 14.8. The Balaban J connectivity index is 1.97. The van der Waals surface area contributed by atoms with Gasteiger partial charge in [-0.25, -0.2) is 0 Å². The van der Waals surface area contributed by atoms with Gasteiger partial charge in [0.05, 0.1) is 20.3 Å². The molecule has 24 heavy (non-hydrogen) atoms. The number of benzene rings is 2. The maximum absolute atomic E-state index is 12.2. The third-order valence-electron chi connectivity index (χ3n) is 4.04. The molecule has 0 saturated carbocycles. The van der Waals surface area contributed by atoms with Crippen LogP contribution in [0.2, 0.25) is 0 Å². The molecule has 0 spiro atoms. The number of methoxy groups -OCH3 is 2. The Kier molecular flexibility index (Phi) is 6.24. The zero-order chi connectivity index (χ0) is 17.5. The van der Waals surface area contributed by atoms with Crippen LogP contribution in [0.25, 0.3) is 0 Å². The molecule has 4 heteroatoms. The molecule has 0 radical (unpaired) electrons. The summed E-state index contributed by atoms with van der Waals surface area (Å²) < 4.78 is 10.6. The molecule has 1 atom stereocenters. The third kappa shape index (κ3) is 4.75. The van der Waals surface area contributed by atoms with Crippen LogP contribution in [-0.4, -0.2) is 20.1 Å². The maximum atomic E-state index is 12.2. The average Bonchev–Trinajstić information content (AvgIpc) is 2.60. The Morgan fingerprint density at radius 2 is 1.79 bits per heavy atom. The summed E-state index contributed by atoms with van der Waals surface area (Å²) in [7, 11) is 3.24. The van der Waals surface area contributed by atoms with Crippen molar-refractivity contribution in [3.05, 3.63) is 59.2 Å². The van der Waals surface area contributed by atoms with E-state index in [1.54, 1.807) is 14.2 Å². The predicted molar refractivity (Wildman–Crippen MR) is 95.6 cm³/mol. The van der Waals surface area contributed by atoms with Crippen LogP contribution in [0.15, 0.2) is 42.5 Å². The van der Waals surface area contributed by atoms with E-state index in [2.05, 4.69) is 36.5 Å². The van der Waals surface area contributed by atoms with Crippen LogP contribution in [0.3, 0.4) is 0 Å². The largest absolute Gasteiger partial charge is 0.497 e. The molecule has 0 saturated heterocycles. The standard InChI is InChI=1S/C20H25NO3/c1-14-5-7-16(8-6-14)9-12-20(22)21-15(2)18-13-17(23-3)10-11-19(18)24-4/h5-8,10-11,13,15H,9,12H2,1-4H3,(H,21,22)/t15-/m1/s1. The lowest BCUT2D eigenvalue weighted by Crippen LogP contribution is -2.27. The van der Waals surface area contributed by atoms with Gasteiger partial charge in [0.25, 0.3) is 0 Å². The number of amides is 1. The van der Waals surface area contributed by atoms with Gasteiger partial charge < -0.3 is 14.8 Å². The van der Waals surface area contributed by atoms with Crippen molar-refractivity contribution in [1.29, 1.82) is 0 Å². The molecule has 0 bridgehead atoms. The van der Waals surface area contributed by atoms with Crippen molar-refractivity contribution in [1.82, 2.24) is 5.32 Å². The molecule has 0 unspecified atom stereocenters. The summed E-state index contributed by atoms with van der Waals surface area (Å²) in [6, 6.07) is 13.7. The minimum absolute atomic E-state index is 0.0212. The predicted octanol–water partition coefficient (Wildman–Crippen LogP) is 3.82. The highest BCUT2D eigenvalue weighted by atomic mass is 16.5. The van der Waals surface area contributed by atoms with Gasteiger partial charge in [-0.1, -0.05) is 29.8 Å². The number of carbonyl (C=O) groups excluding carboxylic acids is 1. The van der Waals surface area contributed by atoms with Crippen molar-refractivity contribution in [2.75, 3.05) is 14.2 Å². The number of hydrogen-bond donors (Lipinski definition) is 1. The molecule has 0 aliphatic carbocycles. The first-order chi connectivity index (χ1) is 11.5. The maximum Gasteiger partial charge on any atom is 0.220 e. The molecule has 0 aliphatic rings. The monoisotopic (exact) mass is 327 g/mol. The van der Waals surface area contributed by atoms with E-state index in [1.807, 2.05) is 25.1 Å². The van der Waals surface area contributed by atoms with Gasteiger partial charge in [-0.2, -0.15) is 0 Å². The molecule has 1 N–H and O–H groups in total. The van der Waals surface area contributed by atoms with Gasteiger partial charge in [0.15, 0.2) is 0 Å². The van der Waals surface area contributed by atoms with E-state index in [1.165, 1.54) is 11.1 Å². The fourth-order valence-corrected chi connectivity index (χ4v) is 2.58. The lowest BCUT2D eigenvalue weighted by molar-refractivity contribution is -0.121. The molecule has 2 aromatic rings. The molecule has 0 fully saturated rings. The van der Waals surface area contributed by atoms with Gasteiger partial charge >= 0.3 is 0 Å². The molecule has 1 amide bonds. The number of carbonyl (C=O) groups is 1. The fourth-order valence-electron chi connectivity index (χ4n) is 2.58. The third-order valence-corrected chi connectivity index (χ3v) is 4.04. The van der Waals surface area contributed by atoms with Gasteiger partial charge in [-0.15, -0.1) is 0 Å². The van der Waals surface area contributed by atoms with Crippen molar-refractivity contribution >= 4 is 5.91 Å². The molecular weight excluding hydrogens is 302 g/mol. The topological polar surface area (TPSA) is 47.6 Å². The normalized spacial score (nSPS) is 11.7. The van der Waals surface area contributed by atoms with Crippen LogP contribution in [-0.2, 0) is 11.2 Å². The molecular formula is C20H25NO3. The molecule has 0 aliphatic heterocycles. The van der Waals surface area contributed by atoms with Gasteiger partial charge in [-0.05, 0) is 44.0 Å². The first kappa shape index (κ1) is 17.9. The molecule has 0 aromatic heterocycles. The second kappa shape index (κ2) is 8.39. The first-order valence-corrected chi connectivity index (χ1v) is 8.10. The molecule has 2 rings (SSSR count). The molecule has 4 nitrogen and oxygen atoms in total. The van der Waals surface area contributed by atoms with Crippen molar-refractivity contribution in [3.63, 3.8) is 0 Å². The van der Waals surface area contributed by atoms with Gasteiger partial charge in [0, 0.05) is 12.0 Å². The van der Waals surface area contributed by atoms with E-state index in [0.717, 1.165) is 23.5 Å². The zero-order valence-corrected chi connectivity index (χ0v) is 14.8. The van der Waals surface area contributed by atoms with Gasteiger partial charge in [0.1, 0.15) is 11.5 Å². The minimum Gasteiger partial charge on any atom is -0.497 e. The van der Waals surface area contributed by atoms with E-state index in [-0.39, 0.29) is 11.9 Å². The van der Waals surface area contributed by atoms with Crippen molar-refractivity contribution < 1.29 is 14.3 Å². The van der Waals surface area contributed by atoms with E-state index < -0.39 is 0 Å². The van der Waals surface area contributed by atoms with Crippen LogP contribution in [0.1, 0.15) is 36.1 Å². The minimum atomic E-state index is -0.152. The van der Waals surface area contributed by atoms with Gasteiger partial charge in [-0.3, -0.25) is 4.79 Å². The van der Waals surface area contributed by atoms with Crippen LogP contribution in [0.4, 0.5) is 0 Å². The van der Waals surface area contributed by atoms with E-state index in [9.17, 15) is 4.79 Å². The Bertz CT molecular complexity index is 680. The highest BCUT2D eigenvalue weighted by molar-refractivity contribution is 5.76. The molecule has 128 valence electrons. The van der Waals surface area contributed by atoms with Crippen molar-refractivity contribution in [2.24, 2.45) is 0 Å². The summed E-state index contributed by atoms with van der Waals surface area (Å²) in [5, 5.41) is 3.03. The van der Waals surface area contributed by atoms with Crippen molar-refractivity contribution in [3.8, 4) is 11.5 Å². The number of nitrogens with one attached hydrogen (secondary N) is 1. The van der Waals surface area contributed by atoms with E-state index >= 15 is 0 Å². The number of hydrogen-bond acceptors (Lipinski definition) is 3. The summed E-state index contributed by atoms with van der Waals surface area (Å²) >= 11 is 0. The molecule has 2 aromatic carbocycles. The van der Waals surface area contributed by atoms with Crippen LogP contribution in [0, 0.1) is 6.92 Å². The lowest BCUT2D eigenvalue weighted by Gasteiger charge is -2.18. The Hall–Kier alpha value is -2.49. The number of ether oxygens (including phenoxy) is 2. The number of aryl methyl sites for hydroxylation is 2. The molecule has 0 heterocycles. The second-order valence-corrected chi connectivity index (χ2v) is 5.88. The highest BCUT2D eigenvalue weighted by Crippen LogP contribution is 2.29. The summed E-state index contributed by atoms with van der Waals surface area (Å²) in [5.41, 5.74) is 3.30. The van der Waals surface area contributed by atoms with E-state index in [0.29, 0.717) is 6.42 Å².